The molecule has 3 fully saturated rings. The van der Waals surface area contributed by atoms with E-state index in [2.05, 4.69) is 14.9 Å². The standard InChI is InChI=1S/C27H28F3N5O4/c28-27(29,30)18-11-31-25(32-12-18)17-13-33(14-17)21-4-1-2-5-22(21)39-19-8-9-20-16(10-19)15-34(26(20)38)35-23(36)6-3-7-24(35)37/h8-12,17,21-22H,1-7,13-15H2/t21-,22-/m1/s1. The number of likely N-dealkylation sites (tertiary alicyclic amines) is 1. The quantitative estimate of drug-likeness (QED) is 0.531. The van der Waals surface area contributed by atoms with Gasteiger partial charge in [0, 0.05) is 55.8 Å². The third-order valence-corrected chi connectivity index (χ3v) is 8.06. The predicted molar refractivity (Wildman–Crippen MR) is 130 cm³/mol. The molecule has 1 aliphatic carbocycles. The van der Waals surface area contributed by atoms with Crippen LogP contribution in [0.5, 0.6) is 5.75 Å². The number of carbonyl (C=O) groups is 3. The molecule has 4 aliphatic rings. The van der Waals surface area contributed by atoms with Crippen molar-refractivity contribution in [2.75, 3.05) is 13.1 Å². The fourth-order valence-corrected chi connectivity index (χ4v) is 5.98. The van der Waals surface area contributed by atoms with Crippen molar-refractivity contribution < 1.29 is 32.3 Å². The van der Waals surface area contributed by atoms with Crippen molar-refractivity contribution in [2.45, 2.75) is 75.7 Å². The molecule has 206 valence electrons. The number of piperidine rings is 1. The van der Waals surface area contributed by atoms with Crippen LogP contribution in [0.4, 0.5) is 13.2 Å². The minimum absolute atomic E-state index is 0.0212. The lowest BCUT2D eigenvalue weighted by Gasteiger charge is -2.47. The molecule has 0 bridgehead atoms. The number of hydrogen-bond acceptors (Lipinski definition) is 7. The molecule has 2 atom stereocenters. The third kappa shape index (κ3) is 4.86. The number of rotatable bonds is 5. The van der Waals surface area contributed by atoms with Gasteiger partial charge in [-0.05, 0) is 49.4 Å². The Bertz CT molecular complexity index is 1280. The number of benzene rings is 1. The van der Waals surface area contributed by atoms with Gasteiger partial charge in [0.25, 0.3) is 5.91 Å². The van der Waals surface area contributed by atoms with Gasteiger partial charge in [-0.2, -0.15) is 18.2 Å². The Labute approximate surface area is 222 Å². The lowest BCUT2D eigenvalue weighted by molar-refractivity contribution is -0.163. The topological polar surface area (TPSA) is 95.9 Å². The number of alkyl halides is 3. The van der Waals surface area contributed by atoms with E-state index in [4.69, 9.17) is 4.74 Å². The van der Waals surface area contributed by atoms with Gasteiger partial charge in [-0.15, -0.1) is 0 Å². The Kier molecular flexibility index (Phi) is 6.52. The summed E-state index contributed by atoms with van der Waals surface area (Å²) in [5.74, 6) is -0.0578. The van der Waals surface area contributed by atoms with Gasteiger partial charge in [0.2, 0.25) is 11.8 Å². The summed E-state index contributed by atoms with van der Waals surface area (Å²) in [6.45, 7) is 1.45. The monoisotopic (exact) mass is 543 g/mol. The Hall–Kier alpha value is -3.54. The van der Waals surface area contributed by atoms with Crippen LogP contribution in [-0.2, 0) is 22.3 Å². The van der Waals surface area contributed by atoms with E-state index in [1.807, 2.05) is 6.07 Å². The van der Waals surface area contributed by atoms with Crippen molar-refractivity contribution in [3.05, 3.63) is 53.1 Å². The molecule has 6 rings (SSSR count). The maximum atomic E-state index is 13.0. The van der Waals surface area contributed by atoms with E-state index in [9.17, 15) is 27.6 Å². The second kappa shape index (κ2) is 9.89. The summed E-state index contributed by atoms with van der Waals surface area (Å²) in [5.41, 5.74) is 0.312. The first kappa shape index (κ1) is 25.7. The van der Waals surface area contributed by atoms with Crippen LogP contribution in [0.25, 0.3) is 0 Å². The predicted octanol–water partition coefficient (Wildman–Crippen LogP) is 3.69. The minimum atomic E-state index is -4.46. The van der Waals surface area contributed by atoms with Gasteiger partial charge in [-0.3, -0.25) is 19.3 Å². The lowest BCUT2D eigenvalue weighted by atomic mass is 9.86. The van der Waals surface area contributed by atoms with E-state index >= 15 is 0 Å². The maximum absolute atomic E-state index is 13.0. The molecule has 2 aromatic rings. The molecule has 3 aliphatic heterocycles. The Morgan fingerprint density at radius 3 is 2.31 bits per heavy atom. The molecular weight excluding hydrogens is 515 g/mol. The van der Waals surface area contributed by atoms with Crippen LogP contribution >= 0.6 is 0 Å². The number of ether oxygens (including phenoxy) is 1. The normalized spacial score (nSPS) is 24.6. The highest BCUT2D eigenvalue weighted by Gasteiger charge is 2.42. The molecule has 0 radical (unpaired) electrons. The first-order chi connectivity index (χ1) is 18.7. The fraction of sp³-hybridized carbons (Fsp3) is 0.519. The summed E-state index contributed by atoms with van der Waals surface area (Å²) in [4.78, 5) is 47.8. The number of amides is 3. The first-order valence-electron chi connectivity index (χ1n) is 13.3. The number of carbonyl (C=O) groups excluding carboxylic acids is 3. The van der Waals surface area contributed by atoms with Crippen molar-refractivity contribution in [3.8, 4) is 5.75 Å². The van der Waals surface area contributed by atoms with Crippen LogP contribution in [0.15, 0.2) is 30.6 Å². The van der Waals surface area contributed by atoms with Crippen molar-refractivity contribution in [2.24, 2.45) is 0 Å². The van der Waals surface area contributed by atoms with Crippen LogP contribution in [0, 0.1) is 0 Å². The molecule has 2 saturated heterocycles. The number of hydrazine groups is 1. The van der Waals surface area contributed by atoms with Crippen LogP contribution in [0.3, 0.4) is 0 Å². The second-order valence-corrected chi connectivity index (χ2v) is 10.6. The molecule has 1 aromatic carbocycles. The van der Waals surface area contributed by atoms with Crippen LogP contribution in [0.2, 0.25) is 0 Å². The first-order valence-corrected chi connectivity index (χ1v) is 13.3. The summed E-state index contributed by atoms with van der Waals surface area (Å²) < 4.78 is 44.9. The van der Waals surface area contributed by atoms with Gasteiger partial charge in [-0.1, -0.05) is 6.42 Å². The van der Waals surface area contributed by atoms with Crippen molar-refractivity contribution in [3.63, 3.8) is 0 Å². The van der Waals surface area contributed by atoms with E-state index in [1.165, 1.54) is 5.01 Å². The number of fused-ring (bicyclic) bond motifs is 1. The van der Waals surface area contributed by atoms with Gasteiger partial charge in [0.15, 0.2) is 0 Å². The smallest absolute Gasteiger partial charge is 0.419 e. The van der Waals surface area contributed by atoms with E-state index < -0.39 is 11.7 Å². The zero-order valence-electron chi connectivity index (χ0n) is 21.2. The van der Waals surface area contributed by atoms with E-state index in [0.29, 0.717) is 42.2 Å². The highest BCUT2D eigenvalue weighted by atomic mass is 19.4. The minimum Gasteiger partial charge on any atom is -0.489 e. The van der Waals surface area contributed by atoms with E-state index in [1.54, 1.807) is 12.1 Å². The molecular formula is C27H28F3N5O4. The average molecular weight is 544 g/mol. The van der Waals surface area contributed by atoms with Crippen LogP contribution in [-0.4, -0.2) is 67.8 Å². The Balaban J connectivity index is 1.11. The van der Waals surface area contributed by atoms with Gasteiger partial charge < -0.3 is 4.74 Å². The highest BCUT2D eigenvalue weighted by molar-refractivity contribution is 6.04. The van der Waals surface area contributed by atoms with Gasteiger partial charge in [0.1, 0.15) is 17.7 Å². The molecule has 9 nitrogen and oxygen atoms in total. The number of hydrogen-bond donors (Lipinski definition) is 0. The van der Waals surface area contributed by atoms with Crippen molar-refractivity contribution >= 4 is 17.7 Å². The summed E-state index contributed by atoms with van der Waals surface area (Å²) in [7, 11) is 0. The van der Waals surface area contributed by atoms with Crippen LogP contribution in [0.1, 0.15) is 78.2 Å². The zero-order valence-corrected chi connectivity index (χ0v) is 21.2. The van der Waals surface area contributed by atoms with Crippen molar-refractivity contribution in [1.82, 2.24) is 24.9 Å². The number of halogens is 3. The maximum Gasteiger partial charge on any atom is 0.419 e. The molecule has 3 amide bonds. The Morgan fingerprint density at radius 1 is 0.923 bits per heavy atom. The summed E-state index contributed by atoms with van der Waals surface area (Å²) in [6, 6.07) is 5.40. The summed E-state index contributed by atoms with van der Waals surface area (Å²) in [5, 5.41) is 2.22. The molecule has 39 heavy (non-hydrogen) atoms. The molecule has 4 heterocycles. The number of nitrogens with zero attached hydrogens (tertiary/aromatic N) is 5. The second-order valence-electron chi connectivity index (χ2n) is 10.6. The molecule has 12 heteroatoms. The van der Waals surface area contributed by atoms with E-state index in [-0.39, 0.29) is 55.2 Å². The summed E-state index contributed by atoms with van der Waals surface area (Å²) in [6.07, 6.45) is 2.03. The largest absolute Gasteiger partial charge is 0.489 e. The number of imide groups is 1. The van der Waals surface area contributed by atoms with E-state index in [0.717, 1.165) is 43.1 Å². The SMILES string of the molecule is O=C1c2ccc(O[C@@H]3CCCC[C@H]3N3CC(c4ncc(C(F)(F)F)cn4)C3)cc2CN1N1C(=O)CCCC1=O. The summed E-state index contributed by atoms with van der Waals surface area (Å²) >= 11 is 0. The average Bonchev–Trinajstić information content (AvgIpc) is 3.19. The fourth-order valence-electron chi connectivity index (χ4n) is 5.98. The van der Waals surface area contributed by atoms with Gasteiger partial charge in [-0.25, -0.2) is 15.0 Å². The number of aromatic nitrogens is 2. The van der Waals surface area contributed by atoms with Crippen molar-refractivity contribution in [1.29, 1.82) is 0 Å². The molecule has 0 unspecified atom stereocenters. The highest BCUT2D eigenvalue weighted by Crippen LogP contribution is 2.36. The molecule has 0 spiro atoms. The zero-order chi connectivity index (χ0) is 27.3. The third-order valence-electron chi connectivity index (χ3n) is 8.06. The Morgan fingerprint density at radius 2 is 1.62 bits per heavy atom. The lowest BCUT2D eigenvalue weighted by Crippen LogP contribution is -2.57. The molecule has 0 N–H and O–H groups in total. The molecule has 1 aromatic heterocycles. The van der Waals surface area contributed by atoms with Gasteiger partial charge >= 0.3 is 6.18 Å². The van der Waals surface area contributed by atoms with Crippen LogP contribution < -0.4 is 4.74 Å². The van der Waals surface area contributed by atoms with Gasteiger partial charge in [0.05, 0.1) is 12.1 Å². The molecule has 1 saturated carbocycles.